The Morgan fingerprint density at radius 3 is 2.40 bits per heavy atom. The third-order valence-electron chi connectivity index (χ3n) is 5.58. The Balaban J connectivity index is 1.95. The molecule has 0 spiro atoms. The topological polar surface area (TPSA) is 139 Å². The van der Waals surface area contributed by atoms with Gasteiger partial charge in [-0.05, 0) is 52.0 Å². The molecule has 1 aliphatic heterocycles. The van der Waals surface area contributed by atoms with Crippen molar-refractivity contribution in [3.8, 4) is 17.2 Å². The molecular formula is C21H22N4O5. The van der Waals surface area contributed by atoms with Gasteiger partial charge in [0, 0.05) is 11.8 Å². The van der Waals surface area contributed by atoms with Crippen LogP contribution < -0.4 is 0 Å². The summed E-state index contributed by atoms with van der Waals surface area (Å²) in [6, 6.07) is 2.56. The molecule has 0 bridgehead atoms. The molecule has 0 aliphatic carbocycles. The van der Waals surface area contributed by atoms with Gasteiger partial charge in [0.1, 0.15) is 39.3 Å². The van der Waals surface area contributed by atoms with Gasteiger partial charge in [0.05, 0.1) is 17.2 Å². The van der Waals surface area contributed by atoms with Gasteiger partial charge >= 0.3 is 5.97 Å². The smallest absolute Gasteiger partial charge is 0.337 e. The van der Waals surface area contributed by atoms with E-state index < -0.39 is 5.97 Å². The number of benzene rings is 2. The number of aromatic carboxylic acids is 1. The molecule has 0 amide bonds. The number of nitrogens with zero attached hydrogens (tertiary/aromatic N) is 4. The number of piperidine rings is 1. The molecule has 0 saturated carbocycles. The predicted octanol–water partition coefficient (Wildman–Crippen LogP) is 2.42. The Kier molecular flexibility index (Phi) is 4.90. The summed E-state index contributed by atoms with van der Waals surface area (Å²) in [5.74, 6) is -1.96. The number of aromatic nitrogens is 2. The summed E-state index contributed by atoms with van der Waals surface area (Å²) in [5, 5.41) is 40.9. The van der Waals surface area contributed by atoms with Gasteiger partial charge in [-0.25, -0.2) is 14.8 Å². The highest BCUT2D eigenvalue weighted by Crippen LogP contribution is 2.39. The highest BCUT2D eigenvalue weighted by atomic mass is 16.4. The van der Waals surface area contributed by atoms with Crippen LogP contribution in [-0.4, -0.2) is 73.7 Å². The first-order chi connectivity index (χ1) is 14.3. The van der Waals surface area contributed by atoms with E-state index in [0.717, 1.165) is 25.9 Å². The van der Waals surface area contributed by atoms with Crippen LogP contribution in [0.4, 0.5) is 0 Å². The minimum absolute atomic E-state index is 0.0287. The quantitative estimate of drug-likeness (QED) is 0.381. The number of hydrogen-bond donors (Lipinski definition) is 4. The molecule has 9 nitrogen and oxygen atoms in total. The minimum atomic E-state index is -1.23. The number of carboxylic acid groups (broad SMARTS) is 1. The van der Waals surface area contributed by atoms with Crippen LogP contribution >= 0.6 is 0 Å². The zero-order valence-corrected chi connectivity index (χ0v) is 16.6. The molecule has 9 heteroatoms. The van der Waals surface area contributed by atoms with Crippen molar-refractivity contribution in [2.45, 2.75) is 25.8 Å². The first-order valence-electron chi connectivity index (χ1n) is 9.60. The van der Waals surface area contributed by atoms with E-state index in [2.05, 4.69) is 26.9 Å². The normalized spacial score (nSPS) is 16.1. The second-order valence-electron chi connectivity index (χ2n) is 7.60. The van der Waals surface area contributed by atoms with E-state index in [0.29, 0.717) is 0 Å². The number of hydrogen-bond acceptors (Lipinski definition) is 8. The van der Waals surface area contributed by atoms with Crippen LogP contribution in [-0.2, 0) is 0 Å². The van der Waals surface area contributed by atoms with Crippen molar-refractivity contribution >= 4 is 34.3 Å². The minimum Gasteiger partial charge on any atom is -0.507 e. The molecular weight excluding hydrogens is 388 g/mol. The van der Waals surface area contributed by atoms with Crippen LogP contribution in [0.1, 0.15) is 34.3 Å². The number of carbonyl (C=O) groups is 1. The van der Waals surface area contributed by atoms with E-state index >= 15 is 0 Å². The molecule has 1 aromatic heterocycles. The number of carboxylic acids is 1. The van der Waals surface area contributed by atoms with Crippen LogP contribution in [0.2, 0.25) is 0 Å². The number of phenolic OH excluding ortho intramolecular Hbond substituents is 3. The third-order valence-corrected chi connectivity index (χ3v) is 5.58. The molecule has 4 rings (SSSR count). The highest BCUT2D eigenvalue weighted by Gasteiger charge is 2.22. The molecule has 2 aromatic carbocycles. The van der Waals surface area contributed by atoms with Crippen molar-refractivity contribution in [3.05, 3.63) is 28.8 Å². The lowest BCUT2D eigenvalue weighted by Crippen LogP contribution is -2.32. The molecule has 156 valence electrons. The molecule has 1 fully saturated rings. The second kappa shape index (κ2) is 7.42. The van der Waals surface area contributed by atoms with Crippen LogP contribution in [0.5, 0.6) is 17.2 Å². The summed E-state index contributed by atoms with van der Waals surface area (Å²) in [4.78, 5) is 27.0. The summed E-state index contributed by atoms with van der Waals surface area (Å²) < 4.78 is 0. The molecule has 4 N–H and O–H groups in total. The maximum absolute atomic E-state index is 11.6. The summed E-state index contributed by atoms with van der Waals surface area (Å²) in [6.45, 7) is 3.39. The third kappa shape index (κ3) is 3.26. The van der Waals surface area contributed by atoms with Crippen molar-refractivity contribution < 1.29 is 25.2 Å². The molecule has 0 atom stereocenters. The number of aliphatic imine (C=N–C) groups is 1. The molecule has 0 radical (unpaired) electrons. The average Bonchev–Trinajstić information content (AvgIpc) is 2.72. The largest absolute Gasteiger partial charge is 0.507 e. The Labute approximate surface area is 172 Å². The van der Waals surface area contributed by atoms with E-state index in [4.69, 9.17) is 0 Å². The van der Waals surface area contributed by atoms with E-state index in [9.17, 15) is 25.2 Å². The fourth-order valence-corrected chi connectivity index (χ4v) is 3.70. The van der Waals surface area contributed by atoms with Gasteiger partial charge in [0.25, 0.3) is 0 Å². The zero-order chi connectivity index (χ0) is 21.6. The molecule has 30 heavy (non-hydrogen) atoms. The number of rotatable bonds is 3. The maximum Gasteiger partial charge on any atom is 0.337 e. The molecule has 1 saturated heterocycles. The van der Waals surface area contributed by atoms with Crippen LogP contribution in [0, 0.1) is 6.92 Å². The Morgan fingerprint density at radius 1 is 1.07 bits per heavy atom. The van der Waals surface area contributed by atoms with E-state index in [1.54, 1.807) is 0 Å². The van der Waals surface area contributed by atoms with Crippen molar-refractivity contribution in [2.75, 3.05) is 20.1 Å². The van der Waals surface area contributed by atoms with Gasteiger partial charge in [0.15, 0.2) is 0 Å². The summed E-state index contributed by atoms with van der Waals surface area (Å²) in [7, 11) is 2.06. The second-order valence-corrected chi connectivity index (χ2v) is 7.60. The van der Waals surface area contributed by atoms with Gasteiger partial charge in [-0.3, -0.25) is 4.99 Å². The lowest BCUT2D eigenvalue weighted by Gasteiger charge is -2.26. The Hall–Kier alpha value is -3.46. The number of fused-ring (bicyclic) bond motifs is 2. The number of likely N-dealkylation sites (tertiary alicyclic amines) is 1. The maximum atomic E-state index is 11.6. The average molecular weight is 410 g/mol. The fourth-order valence-electron chi connectivity index (χ4n) is 3.70. The monoisotopic (exact) mass is 410 g/mol. The summed E-state index contributed by atoms with van der Waals surface area (Å²) >= 11 is 0. The van der Waals surface area contributed by atoms with Crippen LogP contribution in [0.25, 0.3) is 22.1 Å². The summed E-state index contributed by atoms with van der Waals surface area (Å²) in [5.41, 5.74) is 0.413. The van der Waals surface area contributed by atoms with Crippen LogP contribution in [0.15, 0.2) is 17.1 Å². The van der Waals surface area contributed by atoms with E-state index in [1.807, 2.05) is 0 Å². The van der Waals surface area contributed by atoms with Crippen molar-refractivity contribution in [1.82, 2.24) is 14.9 Å². The lowest BCUT2D eigenvalue weighted by atomic mass is 10.0. The van der Waals surface area contributed by atoms with E-state index in [-0.39, 0.29) is 62.0 Å². The fraction of sp³-hybridized carbons (Fsp3) is 0.333. The van der Waals surface area contributed by atoms with Crippen molar-refractivity contribution in [3.63, 3.8) is 0 Å². The first-order valence-corrected chi connectivity index (χ1v) is 9.60. The number of aromatic hydroxyl groups is 3. The van der Waals surface area contributed by atoms with Crippen molar-refractivity contribution in [2.24, 2.45) is 4.99 Å². The first kappa shape index (κ1) is 19.8. The van der Waals surface area contributed by atoms with Crippen molar-refractivity contribution in [1.29, 1.82) is 0 Å². The van der Waals surface area contributed by atoms with Gasteiger partial charge in [-0.2, -0.15) is 0 Å². The predicted molar refractivity (Wildman–Crippen MR) is 112 cm³/mol. The SMILES string of the molecule is Cc1c(O)c(/C=N/C2CCN(C)CC2)c2nc3c(O)ccc(C(=O)O)c3nc2c1O. The van der Waals surface area contributed by atoms with Crippen LogP contribution in [0.3, 0.4) is 0 Å². The van der Waals surface area contributed by atoms with E-state index in [1.165, 1.54) is 25.3 Å². The lowest BCUT2D eigenvalue weighted by molar-refractivity contribution is 0.0699. The highest BCUT2D eigenvalue weighted by molar-refractivity contribution is 6.08. The molecule has 0 unspecified atom stereocenters. The van der Waals surface area contributed by atoms with Gasteiger partial charge in [-0.15, -0.1) is 0 Å². The van der Waals surface area contributed by atoms with Gasteiger partial charge < -0.3 is 25.3 Å². The Morgan fingerprint density at radius 2 is 1.73 bits per heavy atom. The van der Waals surface area contributed by atoms with Gasteiger partial charge in [-0.1, -0.05) is 0 Å². The standard InChI is InChI=1S/C21H22N4O5/c1-10-19(27)13(9-22-11-5-7-25(2)8-6-11)16-18(20(10)28)24-15-12(21(29)30)3-4-14(26)17(15)23-16/h3-4,9,11,26-28H,5-8H2,1-2H3,(H,29,30)/b22-9+. The summed E-state index contributed by atoms with van der Waals surface area (Å²) in [6.07, 6.45) is 3.30. The molecule has 2 heterocycles. The van der Waals surface area contributed by atoms with Gasteiger partial charge in [0.2, 0.25) is 0 Å². The molecule has 3 aromatic rings. The Bertz CT molecular complexity index is 1200. The molecule has 1 aliphatic rings. The zero-order valence-electron chi connectivity index (χ0n) is 16.6. The number of phenols is 3.